The Balaban J connectivity index is 1.55. The van der Waals surface area contributed by atoms with Crippen molar-refractivity contribution < 1.29 is 9.18 Å². The zero-order valence-corrected chi connectivity index (χ0v) is 17.1. The van der Waals surface area contributed by atoms with Crippen molar-refractivity contribution in [3.8, 4) is 0 Å². The fourth-order valence-electron chi connectivity index (χ4n) is 3.77. The molecule has 1 amide bonds. The van der Waals surface area contributed by atoms with Crippen molar-refractivity contribution in [2.24, 2.45) is 0 Å². The molecule has 1 aliphatic carbocycles. The van der Waals surface area contributed by atoms with Gasteiger partial charge in [-0.15, -0.1) is 11.3 Å². The van der Waals surface area contributed by atoms with Crippen LogP contribution in [-0.2, 0) is 11.3 Å². The lowest BCUT2D eigenvalue weighted by atomic mass is 10.0. The van der Waals surface area contributed by atoms with Gasteiger partial charge in [-0.1, -0.05) is 6.42 Å². The topological polar surface area (TPSA) is 48.5 Å². The van der Waals surface area contributed by atoms with Crippen LogP contribution in [0.2, 0.25) is 0 Å². The molecule has 1 aromatic heterocycles. The number of nitrogens with zero attached hydrogens (tertiary/aromatic N) is 3. The van der Waals surface area contributed by atoms with E-state index in [0.29, 0.717) is 18.3 Å². The number of aromatic nitrogens is 1. The van der Waals surface area contributed by atoms with Gasteiger partial charge in [0.2, 0.25) is 5.91 Å². The third-order valence-corrected chi connectivity index (χ3v) is 6.37. The molecule has 1 saturated heterocycles. The summed E-state index contributed by atoms with van der Waals surface area (Å²) in [4.78, 5) is 22.1. The van der Waals surface area contributed by atoms with Crippen LogP contribution >= 0.6 is 11.3 Å². The van der Waals surface area contributed by atoms with Crippen molar-refractivity contribution in [3.05, 3.63) is 41.2 Å². The molecule has 2 aromatic rings. The summed E-state index contributed by atoms with van der Waals surface area (Å²) in [6, 6.07) is 6.59. The molecule has 1 atom stereocenters. The summed E-state index contributed by atoms with van der Waals surface area (Å²) in [5, 5.41) is 6.40. The monoisotopic (exact) mass is 402 g/mol. The molecule has 1 saturated carbocycles. The number of carbonyl (C=O) groups excluding carboxylic acids is 1. The van der Waals surface area contributed by atoms with Gasteiger partial charge in [0.05, 0.1) is 18.3 Å². The number of benzene rings is 1. The van der Waals surface area contributed by atoms with E-state index in [9.17, 15) is 9.18 Å². The molecule has 28 heavy (non-hydrogen) atoms. The molecule has 5 nitrogen and oxygen atoms in total. The minimum Gasteiger partial charge on any atom is -0.345 e. The Morgan fingerprint density at radius 3 is 2.68 bits per heavy atom. The minimum atomic E-state index is -0.300. The molecule has 1 aliphatic heterocycles. The predicted octanol–water partition coefficient (Wildman–Crippen LogP) is 3.95. The standard InChI is InChI=1S/C21H27FN4OS/c1-2-25(17-10-11-17)21-24-16(14-28-21)13-26(18-8-6-15(22)7-9-18)20(27)19-5-3-4-12-23-19/h6-9,14,17,19,23H,2-5,10-13H2,1H3/t19-/m1/s1. The molecule has 2 aliphatic rings. The van der Waals surface area contributed by atoms with E-state index >= 15 is 0 Å². The molecule has 2 fully saturated rings. The van der Waals surface area contributed by atoms with Crippen LogP contribution in [0.3, 0.4) is 0 Å². The van der Waals surface area contributed by atoms with Gasteiger partial charge >= 0.3 is 0 Å². The molecule has 7 heteroatoms. The maximum atomic E-state index is 13.4. The number of piperidine rings is 1. The van der Waals surface area contributed by atoms with Crippen LogP contribution in [-0.4, -0.2) is 36.1 Å². The van der Waals surface area contributed by atoms with E-state index in [-0.39, 0.29) is 17.8 Å². The van der Waals surface area contributed by atoms with E-state index in [0.717, 1.165) is 43.2 Å². The van der Waals surface area contributed by atoms with Gasteiger partial charge in [0.1, 0.15) is 5.82 Å². The fraction of sp³-hybridized carbons (Fsp3) is 0.524. The quantitative estimate of drug-likeness (QED) is 0.762. The first-order chi connectivity index (χ1) is 13.7. The summed E-state index contributed by atoms with van der Waals surface area (Å²) in [7, 11) is 0. The van der Waals surface area contributed by atoms with Crippen LogP contribution in [0.1, 0.15) is 44.7 Å². The highest BCUT2D eigenvalue weighted by Gasteiger charge is 2.31. The first-order valence-electron chi connectivity index (χ1n) is 10.2. The number of anilines is 2. The van der Waals surface area contributed by atoms with Crippen LogP contribution in [0, 0.1) is 5.82 Å². The fourth-order valence-corrected chi connectivity index (χ4v) is 4.72. The van der Waals surface area contributed by atoms with E-state index < -0.39 is 0 Å². The number of nitrogens with one attached hydrogen (secondary N) is 1. The Hall–Kier alpha value is -1.99. The molecule has 1 N–H and O–H groups in total. The number of thiazole rings is 1. The molecule has 0 spiro atoms. The van der Waals surface area contributed by atoms with Crippen molar-refractivity contribution in [2.75, 3.05) is 22.9 Å². The summed E-state index contributed by atoms with van der Waals surface area (Å²) >= 11 is 1.64. The van der Waals surface area contributed by atoms with Gasteiger partial charge in [0.25, 0.3) is 0 Å². The second-order valence-corrected chi connectivity index (χ2v) is 8.38. The van der Waals surface area contributed by atoms with Crippen LogP contribution < -0.4 is 15.1 Å². The highest BCUT2D eigenvalue weighted by atomic mass is 32.1. The number of hydrogen-bond acceptors (Lipinski definition) is 5. The normalized spacial score (nSPS) is 19.4. The zero-order chi connectivity index (χ0) is 19.5. The maximum absolute atomic E-state index is 13.4. The highest BCUT2D eigenvalue weighted by Crippen LogP contribution is 2.33. The van der Waals surface area contributed by atoms with Gasteiger partial charge in [-0.3, -0.25) is 4.79 Å². The third kappa shape index (κ3) is 4.36. The van der Waals surface area contributed by atoms with Gasteiger partial charge in [0.15, 0.2) is 5.13 Å². The Bertz CT molecular complexity index is 799. The van der Waals surface area contributed by atoms with Gasteiger partial charge in [-0.2, -0.15) is 0 Å². The Kier molecular flexibility index (Phi) is 5.92. The van der Waals surface area contributed by atoms with E-state index in [1.807, 2.05) is 5.38 Å². The second kappa shape index (κ2) is 8.57. The van der Waals surface area contributed by atoms with Crippen LogP contribution in [0.4, 0.5) is 15.2 Å². The lowest BCUT2D eigenvalue weighted by molar-refractivity contribution is -0.121. The van der Waals surface area contributed by atoms with Crippen LogP contribution in [0.15, 0.2) is 29.6 Å². The molecule has 150 valence electrons. The average molecular weight is 403 g/mol. The summed E-state index contributed by atoms with van der Waals surface area (Å²) in [5.74, 6) is -0.263. The molecular formula is C21H27FN4OS. The molecule has 0 bridgehead atoms. The molecule has 0 radical (unpaired) electrons. The SMILES string of the molecule is CCN(c1nc(CN(C(=O)[C@H]2CCCCN2)c2ccc(F)cc2)cs1)C1CC1. The molecule has 0 unspecified atom stereocenters. The Morgan fingerprint density at radius 2 is 2.04 bits per heavy atom. The van der Waals surface area contributed by atoms with Crippen LogP contribution in [0.25, 0.3) is 0 Å². The van der Waals surface area contributed by atoms with Crippen molar-refractivity contribution in [2.45, 2.75) is 57.7 Å². The number of amides is 1. The number of rotatable bonds is 7. The smallest absolute Gasteiger partial charge is 0.244 e. The lowest BCUT2D eigenvalue weighted by Crippen LogP contribution is -2.48. The van der Waals surface area contributed by atoms with Crippen molar-refractivity contribution >= 4 is 28.1 Å². The van der Waals surface area contributed by atoms with Crippen molar-refractivity contribution in [3.63, 3.8) is 0 Å². The van der Waals surface area contributed by atoms with E-state index in [1.54, 1.807) is 28.4 Å². The predicted molar refractivity (Wildman–Crippen MR) is 111 cm³/mol. The summed E-state index contributed by atoms with van der Waals surface area (Å²) in [6.45, 7) is 4.37. The van der Waals surface area contributed by atoms with Gasteiger partial charge < -0.3 is 15.1 Å². The number of halogens is 1. The molecular weight excluding hydrogens is 375 g/mol. The summed E-state index contributed by atoms with van der Waals surface area (Å²) in [5.41, 5.74) is 1.59. The van der Waals surface area contributed by atoms with E-state index in [4.69, 9.17) is 4.98 Å². The molecule has 4 rings (SSSR count). The van der Waals surface area contributed by atoms with Gasteiger partial charge in [0, 0.05) is 23.7 Å². The Morgan fingerprint density at radius 1 is 1.25 bits per heavy atom. The summed E-state index contributed by atoms with van der Waals surface area (Å²) in [6.07, 6.45) is 5.45. The third-order valence-electron chi connectivity index (χ3n) is 5.45. The Labute approximate surface area is 169 Å². The first kappa shape index (κ1) is 19.3. The van der Waals surface area contributed by atoms with Gasteiger partial charge in [-0.05, 0) is 63.4 Å². The first-order valence-corrected chi connectivity index (χ1v) is 11.0. The minimum absolute atomic E-state index is 0.0374. The summed E-state index contributed by atoms with van der Waals surface area (Å²) < 4.78 is 13.4. The average Bonchev–Trinajstić information content (AvgIpc) is 3.46. The van der Waals surface area contributed by atoms with Crippen molar-refractivity contribution in [1.29, 1.82) is 0 Å². The maximum Gasteiger partial charge on any atom is 0.244 e. The van der Waals surface area contributed by atoms with E-state index in [1.165, 1.54) is 25.0 Å². The highest BCUT2D eigenvalue weighted by molar-refractivity contribution is 7.13. The number of hydrogen-bond donors (Lipinski definition) is 1. The largest absolute Gasteiger partial charge is 0.345 e. The van der Waals surface area contributed by atoms with E-state index in [2.05, 4.69) is 17.1 Å². The zero-order valence-electron chi connectivity index (χ0n) is 16.2. The van der Waals surface area contributed by atoms with Gasteiger partial charge in [-0.25, -0.2) is 9.37 Å². The van der Waals surface area contributed by atoms with Crippen LogP contribution in [0.5, 0.6) is 0 Å². The second-order valence-electron chi connectivity index (χ2n) is 7.54. The van der Waals surface area contributed by atoms with Crippen molar-refractivity contribution in [1.82, 2.24) is 10.3 Å². The number of carbonyl (C=O) groups is 1. The molecule has 1 aromatic carbocycles. The molecule has 2 heterocycles. The lowest BCUT2D eigenvalue weighted by Gasteiger charge is -2.30.